The summed E-state index contributed by atoms with van der Waals surface area (Å²) in [6, 6.07) is 17.7. The van der Waals surface area contributed by atoms with Crippen molar-refractivity contribution < 1.29 is 8.42 Å². The van der Waals surface area contributed by atoms with Gasteiger partial charge in [0.25, 0.3) is 0 Å². The molecule has 0 saturated heterocycles. The van der Waals surface area contributed by atoms with Gasteiger partial charge in [0, 0.05) is 0 Å². The van der Waals surface area contributed by atoms with E-state index in [0.29, 0.717) is 0 Å². The summed E-state index contributed by atoms with van der Waals surface area (Å²) in [4.78, 5) is 0.189. The summed E-state index contributed by atoms with van der Waals surface area (Å²) in [5.41, 5.74) is 0.977. The molecule has 2 nitrogen and oxygen atoms in total. The molecule has 0 radical (unpaired) electrons. The second-order valence-electron chi connectivity index (χ2n) is 4.06. The van der Waals surface area contributed by atoms with Gasteiger partial charge in [-0.2, -0.15) is 0 Å². The Morgan fingerprint density at radius 1 is 0.900 bits per heavy atom. The van der Waals surface area contributed by atoms with Gasteiger partial charge in [-0.25, -0.2) is 8.42 Å². The predicted octanol–water partition coefficient (Wildman–Crippen LogP) is 4.25. The third-order valence-electron chi connectivity index (χ3n) is 2.63. The maximum atomic E-state index is 12.1. The van der Waals surface area contributed by atoms with E-state index < -0.39 is 9.84 Å². The summed E-state index contributed by atoms with van der Waals surface area (Å²) in [6.45, 7) is 0. The van der Waals surface area contributed by atoms with Gasteiger partial charge in [0.05, 0.1) is 4.90 Å². The SMILES string of the molecule is O=S(=O)(/C(Cl)=C/C=C/c1ccccc1)c1ccccc1. The Hall–Kier alpha value is -1.84. The van der Waals surface area contributed by atoms with Crippen LogP contribution < -0.4 is 0 Å². The van der Waals surface area contributed by atoms with Crippen LogP contribution in [0.2, 0.25) is 0 Å². The lowest BCUT2D eigenvalue weighted by molar-refractivity contribution is 0.604. The summed E-state index contributed by atoms with van der Waals surface area (Å²) in [5, 5.41) is 0. The van der Waals surface area contributed by atoms with E-state index in [4.69, 9.17) is 11.6 Å². The van der Waals surface area contributed by atoms with E-state index in [-0.39, 0.29) is 9.26 Å². The van der Waals surface area contributed by atoms with Gasteiger partial charge in [-0.3, -0.25) is 0 Å². The van der Waals surface area contributed by atoms with Gasteiger partial charge in [0.1, 0.15) is 4.36 Å². The summed E-state index contributed by atoms with van der Waals surface area (Å²) in [6.07, 6.45) is 4.80. The molecule has 0 bridgehead atoms. The van der Waals surface area contributed by atoms with Crippen molar-refractivity contribution in [3.63, 3.8) is 0 Å². The summed E-state index contributed by atoms with van der Waals surface area (Å²) in [7, 11) is -3.62. The average molecular weight is 305 g/mol. The number of halogens is 1. The molecule has 0 heterocycles. The van der Waals surface area contributed by atoms with Crippen molar-refractivity contribution >= 4 is 27.5 Å². The van der Waals surface area contributed by atoms with Crippen LogP contribution >= 0.6 is 11.6 Å². The highest BCUT2D eigenvalue weighted by Gasteiger charge is 2.17. The molecule has 2 aromatic rings. The first-order valence-corrected chi connectivity index (χ1v) is 7.86. The quantitative estimate of drug-likeness (QED) is 0.791. The minimum Gasteiger partial charge on any atom is -0.218 e. The van der Waals surface area contributed by atoms with Gasteiger partial charge in [0.15, 0.2) is 0 Å². The molecular formula is C16H13ClO2S. The molecule has 0 aromatic heterocycles. The maximum absolute atomic E-state index is 12.1. The van der Waals surface area contributed by atoms with Crippen molar-refractivity contribution in [1.29, 1.82) is 0 Å². The Balaban J connectivity index is 2.21. The van der Waals surface area contributed by atoms with Crippen molar-refractivity contribution in [3.05, 3.63) is 82.7 Å². The zero-order chi connectivity index (χ0) is 14.4. The molecule has 0 fully saturated rings. The van der Waals surface area contributed by atoms with Crippen LogP contribution in [-0.4, -0.2) is 8.42 Å². The van der Waals surface area contributed by atoms with Gasteiger partial charge in [-0.15, -0.1) is 0 Å². The molecule has 0 amide bonds. The van der Waals surface area contributed by atoms with Crippen LogP contribution in [0, 0.1) is 0 Å². The van der Waals surface area contributed by atoms with Gasteiger partial charge < -0.3 is 0 Å². The highest BCUT2D eigenvalue weighted by Crippen LogP contribution is 2.22. The molecule has 0 saturated carbocycles. The number of rotatable bonds is 4. The standard InChI is InChI=1S/C16H13ClO2S/c17-16(13-7-10-14-8-3-1-4-9-14)20(18,19)15-11-5-2-6-12-15/h1-13H/b10-7+,16-13+. The van der Waals surface area contributed by atoms with Crippen molar-refractivity contribution in [2.75, 3.05) is 0 Å². The first kappa shape index (κ1) is 14.6. The van der Waals surface area contributed by atoms with Crippen LogP contribution in [0.25, 0.3) is 6.08 Å². The summed E-state index contributed by atoms with van der Waals surface area (Å²) in [5.74, 6) is 0. The molecule has 0 aliphatic rings. The Bertz CT molecular complexity index is 718. The van der Waals surface area contributed by atoms with Gasteiger partial charge in [0.2, 0.25) is 9.84 Å². The van der Waals surface area contributed by atoms with Crippen LogP contribution in [0.1, 0.15) is 5.56 Å². The highest BCUT2D eigenvalue weighted by atomic mass is 35.5. The Labute approximate surface area is 123 Å². The lowest BCUT2D eigenvalue weighted by atomic mass is 10.2. The van der Waals surface area contributed by atoms with Gasteiger partial charge in [-0.05, 0) is 23.8 Å². The number of hydrogen-bond donors (Lipinski definition) is 0. The van der Waals surface area contributed by atoms with Crippen LogP contribution in [0.4, 0.5) is 0 Å². The minimum absolute atomic E-state index is 0.189. The Kier molecular flexibility index (Phi) is 4.77. The largest absolute Gasteiger partial charge is 0.218 e. The lowest BCUT2D eigenvalue weighted by Gasteiger charge is -2.01. The van der Waals surface area contributed by atoms with Crippen LogP contribution in [0.15, 0.2) is 82.1 Å². The first-order valence-electron chi connectivity index (χ1n) is 6.00. The molecule has 0 aliphatic carbocycles. The molecule has 0 aliphatic heterocycles. The highest BCUT2D eigenvalue weighted by molar-refractivity contribution is 7.96. The van der Waals surface area contributed by atoms with E-state index in [0.717, 1.165) is 5.56 Å². The molecule has 0 atom stereocenters. The minimum atomic E-state index is -3.62. The smallest absolute Gasteiger partial charge is 0.217 e. The van der Waals surface area contributed by atoms with Crippen molar-refractivity contribution in [1.82, 2.24) is 0 Å². The topological polar surface area (TPSA) is 34.1 Å². The fourth-order valence-electron chi connectivity index (χ4n) is 1.60. The molecule has 2 aromatic carbocycles. The van der Waals surface area contributed by atoms with Crippen molar-refractivity contribution in [2.24, 2.45) is 0 Å². The van der Waals surface area contributed by atoms with Crippen molar-refractivity contribution in [3.8, 4) is 0 Å². The molecule has 0 unspecified atom stereocenters. The molecule has 2 rings (SSSR count). The fourth-order valence-corrected chi connectivity index (χ4v) is 2.94. The third-order valence-corrected chi connectivity index (χ3v) is 4.90. The van der Waals surface area contributed by atoms with Crippen LogP contribution in [0.5, 0.6) is 0 Å². The fraction of sp³-hybridized carbons (Fsp3) is 0. The molecule has 102 valence electrons. The number of allylic oxidation sites excluding steroid dienone is 2. The second kappa shape index (κ2) is 6.55. The molecule has 20 heavy (non-hydrogen) atoms. The molecule has 4 heteroatoms. The molecule has 0 spiro atoms. The van der Waals surface area contributed by atoms with E-state index in [1.54, 1.807) is 30.4 Å². The lowest BCUT2D eigenvalue weighted by Crippen LogP contribution is -1.99. The third kappa shape index (κ3) is 3.59. The van der Waals surface area contributed by atoms with E-state index in [2.05, 4.69) is 0 Å². The zero-order valence-electron chi connectivity index (χ0n) is 10.6. The van der Waals surface area contributed by atoms with Gasteiger partial charge in [-0.1, -0.05) is 72.3 Å². The van der Waals surface area contributed by atoms with Crippen LogP contribution in [-0.2, 0) is 9.84 Å². The van der Waals surface area contributed by atoms with Gasteiger partial charge >= 0.3 is 0 Å². The summed E-state index contributed by atoms with van der Waals surface area (Å²) < 4.78 is 24.1. The zero-order valence-corrected chi connectivity index (χ0v) is 12.2. The number of sulfone groups is 1. The second-order valence-corrected chi connectivity index (χ2v) is 6.61. The number of benzene rings is 2. The van der Waals surface area contributed by atoms with Crippen molar-refractivity contribution in [2.45, 2.75) is 4.90 Å². The maximum Gasteiger partial charge on any atom is 0.217 e. The monoisotopic (exact) mass is 304 g/mol. The van der Waals surface area contributed by atoms with E-state index in [1.165, 1.54) is 18.2 Å². The van der Waals surface area contributed by atoms with E-state index >= 15 is 0 Å². The number of hydrogen-bond acceptors (Lipinski definition) is 2. The molecular weight excluding hydrogens is 292 g/mol. The van der Waals surface area contributed by atoms with E-state index in [9.17, 15) is 8.42 Å². The molecule has 0 N–H and O–H groups in total. The predicted molar refractivity (Wildman–Crippen MR) is 83.0 cm³/mol. The first-order chi connectivity index (χ1) is 9.60. The average Bonchev–Trinajstić information content (AvgIpc) is 2.49. The van der Waals surface area contributed by atoms with Crippen LogP contribution in [0.3, 0.4) is 0 Å². The Morgan fingerprint density at radius 3 is 2.05 bits per heavy atom. The van der Waals surface area contributed by atoms with E-state index in [1.807, 2.05) is 30.3 Å². The normalized spacial score (nSPS) is 12.8. The summed E-state index contributed by atoms with van der Waals surface area (Å²) >= 11 is 5.90. The Morgan fingerprint density at radius 2 is 1.45 bits per heavy atom.